The van der Waals surface area contributed by atoms with Crippen molar-refractivity contribution in [1.29, 1.82) is 0 Å². The minimum Gasteiger partial charge on any atom is -0.355 e. The summed E-state index contributed by atoms with van der Waals surface area (Å²) in [5, 5.41) is 3.56. The van der Waals surface area contributed by atoms with Crippen molar-refractivity contribution in [3.05, 3.63) is 35.9 Å². The van der Waals surface area contributed by atoms with E-state index in [1.54, 1.807) is 0 Å². The molecule has 4 heteroatoms. The van der Waals surface area contributed by atoms with Crippen molar-refractivity contribution in [3.63, 3.8) is 0 Å². The highest BCUT2D eigenvalue weighted by molar-refractivity contribution is 5.79. The highest BCUT2D eigenvalue weighted by Gasteiger charge is 2.21. The van der Waals surface area contributed by atoms with Crippen LogP contribution in [0.2, 0.25) is 0 Å². The van der Waals surface area contributed by atoms with E-state index in [1.807, 2.05) is 6.07 Å². The van der Waals surface area contributed by atoms with Crippen molar-refractivity contribution in [2.45, 2.75) is 38.8 Å². The van der Waals surface area contributed by atoms with E-state index in [4.69, 9.17) is 4.99 Å². The Balaban J connectivity index is 1.91. The number of rotatable bonds is 5. The van der Waals surface area contributed by atoms with Gasteiger partial charge in [0.25, 0.3) is 0 Å². The topological polar surface area (TPSA) is 30.9 Å². The molecular weight excluding hydrogens is 272 g/mol. The SMILES string of the molecule is CCN1CCCCC1CNC(=NCc1ccccc1)N(C)C. The maximum absolute atomic E-state index is 4.74. The van der Waals surface area contributed by atoms with Gasteiger partial charge in [-0.15, -0.1) is 0 Å². The van der Waals surface area contributed by atoms with E-state index >= 15 is 0 Å². The molecule has 1 heterocycles. The van der Waals surface area contributed by atoms with Gasteiger partial charge in [-0.2, -0.15) is 0 Å². The number of guanidine groups is 1. The molecule has 1 unspecified atom stereocenters. The van der Waals surface area contributed by atoms with E-state index in [2.05, 4.69) is 60.4 Å². The summed E-state index contributed by atoms with van der Waals surface area (Å²) in [4.78, 5) is 9.40. The lowest BCUT2D eigenvalue weighted by Gasteiger charge is -2.35. The van der Waals surface area contributed by atoms with E-state index < -0.39 is 0 Å². The van der Waals surface area contributed by atoms with Gasteiger partial charge in [-0.25, -0.2) is 4.99 Å². The van der Waals surface area contributed by atoms with Gasteiger partial charge in [0.15, 0.2) is 5.96 Å². The summed E-state index contributed by atoms with van der Waals surface area (Å²) in [7, 11) is 4.10. The number of likely N-dealkylation sites (N-methyl/N-ethyl adjacent to an activating group) is 1. The first kappa shape index (κ1) is 16.8. The molecule has 1 aliphatic rings. The quantitative estimate of drug-likeness (QED) is 0.670. The van der Waals surface area contributed by atoms with E-state index in [1.165, 1.54) is 31.4 Å². The van der Waals surface area contributed by atoms with Crippen LogP contribution < -0.4 is 5.32 Å². The van der Waals surface area contributed by atoms with Crippen molar-refractivity contribution in [2.24, 2.45) is 4.99 Å². The van der Waals surface area contributed by atoms with Crippen molar-refractivity contribution in [3.8, 4) is 0 Å². The third-order valence-corrected chi connectivity index (χ3v) is 4.33. The molecule has 1 aliphatic heterocycles. The van der Waals surface area contributed by atoms with Gasteiger partial charge in [0.2, 0.25) is 0 Å². The first-order valence-electron chi connectivity index (χ1n) is 8.44. The standard InChI is InChI=1S/C18H30N4/c1-4-22-13-9-8-12-17(22)15-20-18(21(2)3)19-14-16-10-6-5-7-11-16/h5-7,10-11,17H,4,8-9,12-15H2,1-3H3,(H,19,20). The number of piperidine rings is 1. The zero-order chi connectivity index (χ0) is 15.8. The summed E-state index contributed by atoms with van der Waals surface area (Å²) in [6, 6.07) is 11.1. The first-order chi connectivity index (χ1) is 10.7. The lowest BCUT2D eigenvalue weighted by Crippen LogP contribution is -2.48. The molecule has 1 aromatic rings. The zero-order valence-corrected chi connectivity index (χ0v) is 14.3. The molecule has 1 N–H and O–H groups in total. The zero-order valence-electron chi connectivity index (χ0n) is 14.3. The van der Waals surface area contributed by atoms with Crippen LogP contribution in [0.3, 0.4) is 0 Å². The predicted octanol–water partition coefficient (Wildman–Crippen LogP) is 2.57. The molecule has 0 radical (unpaired) electrons. The Morgan fingerprint density at radius 3 is 2.73 bits per heavy atom. The monoisotopic (exact) mass is 302 g/mol. The third kappa shape index (κ3) is 5.02. The predicted molar refractivity (Wildman–Crippen MR) is 94.2 cm³/mol. The van der Waals surface area contributed by atoms with Crippen LogP contribution in [0, 0.1) is 0 Å². The average molecular weight is 302 g/mol. The Hall–Kier alpha value is -1.55. The van der Waals surface area contributed by atoms with Gasteiger partial charge in [0.05, 0.1) is 6.54 Å². The maximum Gasteiger partial charge on any atom is 0.193 e. The summed E-state index contributed by atoms with van der Waals surface area (Å²) in [6.45, 7) is 6.35. The molecule has 0 aromatic heterocycles. The minimum atomic E-state index is 0.639. The Bertz CT molecular complexity index is 455. The molecule has 4 nitrogen and oxygen atoms in total. The minimum absolute atomic E-state index is 0.639. The molecule has 0 saturated carbocycles. The van der Waals surface area contributed by atoms with Gasteiger partial charge >= 0.3 is 0 Å². The lowest BCUT2D eigenvalue weighted by atomic mass is 10.0. The summed E-state index contributed by atoms with van der Waals surface area (Å²) >= 11 is 0. The summed E-state index contributed by atoms with van der Waals surface area (Å²) in [5.74, 6) is 0.977. The Kier molecular flexibility index (Phi) is 6.72. The maximum atomic E-state index is 4.74. The second-order valence-corrected chi connectivity index (χ2v) is 6.18. The molecule has 2 rings (SSSR count). The molecule has 1 fully saturated rings. The van der Waals surface area contributed by atoms with E-state index in [0.717, 1.165) is 25.6 Å². The van der Waals surface area contributed by atoms with Crippen molar-refractivity contribution in [1.82, 2.24) is 15.1 Å². The fourth-order valence-electron chi connectivity index (χ4n) is 3.02. The van der Waals surface area contributed by atoms with Crippen molar-refractivity contribution in [2.75, 3.05) is 33.7 Å². The van der Waals surface area contributed by atoms with Gasteiger partial charge in [-0.3, -0.25) is 4.90 Å². The molecular formula is C18H30N4. The number of benzene rings is 1. The summed E-state index contributed by atoms with van der Waals surface area (Å²) in [5.41, 5.74) is 1.25. The van der Waals surface area contributed by atoms with Crippen LogP contribution >= 0.6 is 0 Å². The molecule has 122 valence electrons. The van der Waals surface area contributed by atoms with Gasteiger partial charge in [0, 0.05) is 26.7 Å². The fourth-order valence-corrected chi connectivity index (χ4v) is 3.02. The molecule has 0 bridgehead atoms. The van der Waals surface area contributed by atoms with Crippen LogP contribution in [0.1, 0.15) is 31.7 Å². The second-order valence-electron chi connectivity index (χ2n) is 6.18. The lowest BCUT2D eigenvalue weighted by molar-refractivity contribution is 0.157. The van der Waals surface area contributed by atoms with Gasteiger partial charge in [0.1, 0.15) is 0 Å². The third-order valence-electron chi connectivity index (χ3n) is 4.33. The molecule has 0 aliphatic carbocycles. The normalized spacial score (nSPS) is 20.0. The molecule has 1 aromatic carbocycles. The van der Waals surface area contributed by atoms with E-state index in [-0.39, 0.29) is 0 Å². The summed E-state index contributed by atoms with van der Waals surface area (Å²) < 4.78 is 0. The van der Waals surface area contributed by atoms with Crippen LogP contribution in [0.4, 0.5) is 0 Å². The Morgan fingerprint density at radius 2 is 2.05 bits per heavy atom. The average Bonchev–Trinajstić information content (AvgIpc) is 2.55. The largest absolute Gasteiger partial charge is 0.355 e. The van der Waals surface area contributed by atoms with Gasteiger partial charge in [-0.05, 0) is 31.5 Å². The highest BCUT2D eigenvalue weighted by atomic mass is 15.3. The van der Waals surface area contributed by atoms with Crippen molar-refractivity contribution < 1.29 is 0 Å². The van der Waals surface area contributed by atoms with Crippen LogP contribution in [0.5, 0.6) is 0 Å². The molecule has 1 saturated heterocycles. The van der Waals surface area contributed by atoms with Gasteiger partial charge < -0.3 is 10.2 Å². The molecule has 0 amide bonds. The van der Waals surface area contributed by atoms with Gasteiger partial charge in [-0.1, -0.05) is 43.7 Å². The number of hydrogen-bond donors (Lipinski definition) is 1. The second kappa shape index (κ2) is 8.79. The van der Waals surface area contributed by atoms with Crippen LogP contribution in [-0.2, 0) is 6.54 Å². The fraction of sp³-hybridized carbons (Fsp3) is 0.611. The van der Waals surface area contributed by atoms with E-state index in [9.17, 15) is 0 Å². The van der Waals surface area contributed by atoms with E-state index in [0.29, 0.717) is 6.04 Å². The Labute approximate surface area is 135 Å². The van der Waals surface area contributed by atoms with Crippen LogP contribution in [0.25, 0.3) is 0 Å². The van der Waals surface area contributed by atoms with Crippen LogP contribution in [-0.4, -0.2) is 55.5 Å². The Morgan fingerprint density at radius 1 is 1.27 bits per heavy atom. The smallest absolute Gasteiger partial charge is 0.193 e. The number of aliphatic imine (C=N–C) groups is 1. The number of nitrogens with zero attached hydrogens (tertiary/aromatic N) is 3. The number of likely N-dealkylation sites (tertiary alicyclic amines) is 1. The first-order valence-corrected chi connectivity index (χ1v) is 8.44. The molecule has 0 spiro atoms. The number of hydrogen-bond acceptors (Lipinski definition) is 2. The highest BCUT2D eigenvalue weighted by Crippen LogP contribution is 2.15. The summed E-state index contributed by atoms with van der Waals surface area (Å²) in [6.07, 6.45) is 3.98. The molecule has 1 atom stereocenters. The van der Waals surface area contributed by atoms with Crippen molar-refractivity contribution >= 4 is 5.96 Å². The van der Waals surface area contributed by atoms with Crippen LogP contribution in [0.15, 0.2) is 35.3 Å². The molecule has 22 heavy (non-hydrogen) atoms. The number of nitrogens with one attached hydrogen (secondary N) is 1.